The van der Waals surface area contributed by atoms with Gasteiger partial charge in [0.1, 0.15) is 5.76 Å². The van der Waals surface area contributed by atoms with Crippen LogP contribution in [0.1, 0.15) is 11.5 Å². The van der Waals surface area contributed by atoms with Crippen molar-refractivity contribution in [1.29, 1.82) is 0 Å². The number of nitrogens with one attached hydrogen (secondary N) is 1. The number of aryl methyl sites for hydroxylation is 1. The van der Waals surface area contributed by atoms with E-state index >= 15 is 0 Å². The zero-order valence-electron chi connectivity index (χ0n) is 8.33. The van der Waals surface area contributed by atoms with Crippen LogP contribution in [0.25, 0.3) is 0 Å². The lowest BCUT2D eigenvalue weighted by atomic mass is 10.3. The van der Waals surface area contributed by atoms with Crippen molar-refractivity contribution in [2.24, 2.45) is 0 Å². The van der Waals surface area contributed by atoms with Crippen LogP contribution in [0.3, 0.4) is 0 Å². The Morgan fingerprint density at radius 1 is 1.47 bits per heavy atom. The van der Waals surface area contributed by atoms with Crippen LogP contribution in [0.2, 0.25) is 0 Å². The Hall–Kier alpha value is -1.29. The number of furan rings is 1. The van der Waals surface area contributed by atoms with E-state index in [4.69, 9.17) is 4.42 Å². The maximum atomic E-state index is 5.30. The first-order valence-electron chi connectivity index (χ1n) is 4.65. The quantitative estimate of drug-likeness (QED) is 0.926. The van der Waals surface area contributed by atoms with E-state index in [1.807, 2.05) is 25.1 Å². The summed E-state index contributed by atoms with van der Waals surface area (Å²) in [4.78, 5) is 4.20. The first-order chi connectivity index (χ1) is 7.27. The second kappa shape index (κ2) is 4.49. The number of rotatable bonds is 3. The molecule has 0 radical (unpaired) electrons. The predicted octanol–water partition coefficient (Wildman–Crippen LogP) is 3.36. The molecule has 0 amide bonds. The van der Waals surface area contributed by atoms with Gasteiger partial charge in [-0.25, -0.2) is 0 Å². The van der Waals surface area contributed by atoms with Crippen molar-refractivity contribution in [3.05, 3.63) is 46.6 Å². The lowest BCUT2D eigenvalue weighted by Gasteiger charge is -2.06. The molecular formula is C11H11BrN2O. The van der Waals surface area contributed by atoms with Gasteiger partial charge >= 0.3 is 0 Å². The molecule has 2 aromatic rings. The molecule has 0 spiro atoms. The minimum atomic E-state index is 0.653. The number of aromatic nitrogens is 1. The predicted molar refractivity (Wildman–Crippen MR) is 62.7 cm³/mol. The van der Waals surface area contributed by atoms with Crippen molar-refractivity contribution in [2.45, 2.75) is 13.5 Å². The second-order valence-electron chi connectivity index (χ2n) is 3.18. The summed E-state index contributed by atoms with van der Waals surface area (Å²) in [6, 6.07) is 5.79. The third kappa shape index (κ3) is 2.39. The summed E-state index contributed by atoms with van der Waals surface area (Å²) >= 11 is 3.41. The number of anilines is 1. The molecule has 4 heteroatoms. The van der Waals surface area contributed by atoms with Gasteiger partial charge in [0.25, 0.3) is 0 Å². The van der Waals surface area contributed by atoms with Crippen LogP contribution in [-0.2, 0) is 6.54 Å². The lowest BCUT2D eigenvalue weighted by molar-refractivity contribution is 0.516. The van der Waals surface area contributed by atoms with Crippen LogP contribution in [0.15, 0.2) is 39.5 Å². The highest BCUT2D eigenvalue weighted by atomic mass is 79.9. The Kier molecular flexibility index (Phi) is 3.06. The van der Waals surface area contributed by atoms with E-state index in [1.54, 1.807) is 12.5 Å². The largest absolute Gasteiger partial charge is 0.466 e. The van der Waals surface area contributed by atoms with E-state index in [9.17, 15) is 0 Å². The van der Waals surface area contributed by atoms with Gasteiger partial charge in [0.2, 0.25) is 0 Å². The molecule has 0 saturated carbocycles. The summed E-state index contributed by atoms with van der Waals surface area (Å²) in [5, 5.41) is 3.27. The van der Waals surface area contributed by atoms with Crippen LogP contribution in [-0.4, -0.2) is 4.98 Å². The molecule has 15 heavy (non-hydrogen) atoms. The molecule has 0 atom stereocenters. The first kappa shape index (κ1) is 10.2. The minimum absolute atomic E-state index is 0.653. The molecule has 3 nitrogen and oxygen atoms in total. The maximum absolute atomic E-state index is 5.30. The second-order valence-corrected chi connectivity index (χ2v) is 4.04. The number of nitrogens with zero attached hydrogens (tertiary/aromatic N) is 1. The highest BCUT2D eigenvalue weighted by Crippen LogP contribution is 2.19. The van der Waals surface area contributed by atoms with Gasteiger partial charge in [0, 0.05) is 6.20 Å². The fraction of sp³-hybridized carbons (Fsp3) is 0.182. The van der Waals surface area contributed by atoms with Gasteiger partial charge in [-0.2, -0.15) is 0 Å². The number of halogens is 1. The topological polar surface area (TPSA) is 38.1 Å². The average Bonchev–Trinajstić information content (AvgIpc) is 2.63. The number of hydrogen-bond acceptors (Lipinski definition) is 3. The minimum Gasteiger partial charge on any atom is -0.466 e. The van der Waals surface area contributed by atoms with E-state index < -0.39 is 0 Å². The Morgan fingerprint density at radius 2 is 2.33 bits per heavy atom. The SMILES string of the molecule is Cc1ncccc1NCc1occc1Br. The van der Waals surface area contributed by atoms with Gasteiger partial charge in [-0.3, -0.25) is 4.98 Å². The van der Waals surface area contributed by atoms with Crippen LogP contribution < -0.4 is 5.32 Å². The number of pyridine rings is 1. The van der Waals surface area contributed by atoms with Crippen LogP contribution in [0, 0.1) is 6.92 Å². The monoisotopic (exact) mass is 266 g/mol. The molecular weight excluding hydrogens is 256 g/mol. The first-order valence-corrected chi connectivity index (χ1v) is 5.44. The molecule has 0 aliphatic heterocycles. The lowest BCUT2D eigenvalue weighted by Crippen LogP contribution is -2.01. The third-order valence-corrected chi connectivity index (χ3v) is 2.84. The fourth-order valence-electron chi connectivity index (χ4n) is 1.30. The van der Waals surface area contributed by atoms with Crippen LogP contribution >= 0.6 is 15.9 Å². The number of hydrogen-bond donors (Lipinski definition) is 1. The van der Waals surface area contributed by atoms with E-state index in [2.05, 4.69) is 26.2 Å². The Labute approximate surface area is 96.6 Å². The van der Waals surface area contributed by atoms with Gasteiger partial charge in [-0.1, -0.05) is 0 Å². The summed E-state index contributed by atoms with van der Waals surface area (Å²) in [6.07, 6.45) is 3.44. The van der Waals surface area contributed by atoms with Gasteiger partial charge in [-0.15, -0.1) is 0 Å². The average molecular weight is 267 g/mol. The molecule has 2 rings (SSSR count). The van der Waals surface area contributed by atoms with E-state index in [0.717, 1.165) is 21.6 Å². The highest BCUT2D eigenvalue weighted by Gasteiger charge is 2.03. The van der Waals surface area contributed by atoms with Gasteiger partial charge in [0.05, 0.1) is 28.7 Å². The molecule has 2 aromatic heterocycles. The molecule has 0 bridgehead atoms. The zero-order valence-corrected chi connectivity index (χ0v) is 9.91. The summed E-state index contributed by atoms with van der Waals surface area (Å²) in [5.74, 6) is 0.887. The normalized spacial score (nSPS) is 10.3. The summed E-state index contributed by atoms with van der Waals surface area (Å²) in [5.41, 5.74) is 2.01. The van der Waals surface area contributed by atoms with Gasteiger partial charge in [0.15, 0.2) is 0 Å². The molecule has 0 fully saturated rings. The summed E-state index contributed by atoms with van der Waals surface area (Å²) in [6.45, 7) is 2.62. The molecule has 2 heterocycles. The van der Waals surface area contributed by atoms with Crippen LogP contribution in [0.4, 0.5) is 5.69 Å². The Morgan fingerprint density at radius 3 is 3.00 bits per heavy atom. The molecule has 0 saturated heterocycles. The van der Waals surface area contributed by atoms with Crippen molar-refractivity contribution in [3.8, 4) is 0 Å². The van der Waals surface area contributed by atoms with E-state index in [-0.39, 0.29) is 0 Å². The zero-order chi connectivity index (χ0) is 10.7. The van der Waals surface area contributed by atoms with Gasteiger partial charge in [-0.05, 0) is 41.1 Å². The van der Waals surface area contributed by atoms with Crippen molar-refractivity contribution < 1.29 is 4.42 Å². The summed E-state index contributed by atoms with van der Waals surface area (Å²) in [7, 11) is 0. The van der Waals surface area contributed by atoms with Crippen molar-refractivity contribution in [2.75, 3.05) is 5.32 Å². The van der Waals surface area contributed by atoms with Crippen molar-refractivity contribution >= 4 is 21.6 Å². The molecule has 78 valence electrons. The molecule has 0 aromatic carbocycles. The van der Waals surface area contributed by atoms with Crippen LogP contribution in [0.5, 0.6) is 0 Å². The van der Waals surface area contributed by atoms with Crippen molar-refractivity contribution in [3.63, 3.8) is 0 Å². The molecule has 1 N–H and O–H groups in total. The molecule has 0 aliphatic carbocycles. The third-order valence-electron chi connectivity index (χ3n) is 2.14. The highest BCUT2D eigenvalue weighted by molar-refractivity contribution is 9.10. The van der Waals surface area contributed by atoms with Crippen molar-refractivity contribution in [1.82, 2.24) is 4.98 Å². The molecule has 0 aliphatic rings. The van der Waals surface area contributed by atoms with E-state index in [0.29, 0.717) is 6.54 Å². The van der Waals surface area contributed by atoms with Gasteiger partial charge < -0.3 is 9.73 Å². The Balaban J connectivity index is 2.06. The Bertz CT molecular complexity index is 453. The van der Waals surface area contributed by atoms with E-state index in [1.165, 1.54) is 0 Å². The molecule has 0 unspecified atom stereocenters. The smallest absolute Gasteiger partial charge is 0.136 e. The fourth-order valence-corrected chi connectivity index (χ4v) is 1.64. The summed E-state index contributed by atoms with van der Waals surface area (Å²) < 4.78 is 6.28. The maximum Gasteiger partial charge on any atom is 0.136 e. The standard InChI is InChI=1S/C11H11BrN2O/c1-8-10(3-2-5-13-8)14-7-11-9(12)4-6-15-11/h2-6,14H,7H2,1H3.